The number of nitrogens with one attached hydrogen (secondary N) is 4. The van der Waals surface area contributed by atoms with Crippen LogP contribution < -0.4 is 20.7 Å². The molecule has 1 aliphatic heterocycles. The number of fused-ring (bicyclic) bond motifs is 1. The number of ether oxygens (including phenoxy) is 1. The van der Waals surface area contributed by atoms with Crippen LogP contribution in [0.1, 0.15) is 17.8 Å². The number of carbonyl (C=O) groups is 2. The minimum absolute atomic E-state index is 0.285. The number of amides is 3. The number of hydrogen-bond donors (Lipinski definition) is 4. The molecule has 0 bridgehead atoms. The van der Waals surface area contributed by atoms with Gasteiger partial charge in [0, 0.05) is 26.5 Å². The molecule has 5 rings (SSSR count). The molecule has 33 heavy (non-hydrogen) atoms. The minimum atomic E-state index is -0.562. The van der Waals surface area contributed by atoms with Gasteiger partial charge in [-0.05, 0) is 67.1 Å². The van der Waals surface area contributed by atoms with Crippen LogP contribution in [-0.2, 0) is 4.79 Å². The predicted octanol–water partition coefficient (Wildman–Crippen LogP) is 4.57. The van der Waals surface area contributed by atoms with Gasteiger partial charge in [0.1, 0.15) is 5.75 Å². The Morgan fingerprint density at radius 1 is 1.12 bits per heavy atom. The summed E-state index contributed by atoms with van der Waals surface area (Å²) in [6, 6.07) is 16.3. The topological polar surface area (TPSA) is 108 Å². The highest BCUT2D eigenvalue weighted by Crippen LogP contribution is 2.36. The quantitative estimate of drug-likeness (QED) is 0.351. The summed E-state index contributed by atoms with van der Waals surface area (Å²) in [4.78, 5) is 27.4. The third-order valence-electron chi connectivity index (χ3n) is 5.50. The Kier molecular flexibility index (Phi) is 5.31. The summed E-state index contributed by atoms with van der Waals surface area (Å²) < 4.78 is 5.23. The van der Waals surface area contributed by atoms with Crippen molar-refractivity contribution < 1.29 is 14.3 Å². The molecule has 8 nitrogen and oxygen atoms in total. The van der Waals surface area contributed by atoms with Gasteiger partial charge in [0.2, 0.25) is 0 Å². The van der Waals surface area contributed by atoms with Crippen LogP contribution in [0.15, 0.2) is 72.1 Å². The monoisotopic (exact) mass is 459 g/mol. The molecule has 2 aromatic carbocycles. The fourth-order valence-corrected chi connectivity index (χ4v) is 4.92. The van der Waals surface area contributed by atoms with Crippen LogP contribution in [0.3, 0.4) is 0 Å². The molecule has 0 aliphatic carbocycles. The van der Waals surface area contributed by atoms with E-state index in [-0.39, 0.29) is 11.9 Å². The van der Waals surface area contributed by atoms with Gasteiger partial charge in [0.05, 0.1) is 30.4 Å². The Hall–Kier alpha value is -4.11. The molecule has 166 valence electrons. The Labute approximate surface area is 193 Å². The molecule has 2 aromatic heterocycles. The molecule has 1 aliphatic rings. The van der Waals surface area contributed by atoms with Crippen molar-refractivity contribution in [2.45, 2.75) is 13.0 Å². The molecule has 1 unspecified atom stereocenters. The van der Waals surface area contributed by atoms with Crippen molar-refractivity contribution in [3.05, 3.63) is 76.9 Å². The number of allylic oxidation sites excluding steroid dienone is 1. The van der Waals surface area contributed by atoms with Crippen LogP contribution in [0, 0.1) is 0 Å². The maximum absolute atomic E-state index is 13.3. The van der Waals surface area contributed by atoms with Gasteiger partial charge in [-0.15, -0.1) is 11.3 Å². The molecule has 4 aromatic rings. The summed E-state index contributed by atoms with van der Waals surface area (Å²) in [7, 11) is 1.63. The maximum Gasteiger partial charge on any atom is 0.319 e. The van der Waals surface area contributed by atoms with E-state index in [1.54, 1.807) is 20.2 Å². The number of methoxy groups -OCH3 is 1. The average molecular weight is 460 g/mol. The first-order valence-corrected chi connectivity index (χ1v) is 11.1. The Morgan fingerprint density at radius 3 is 2.73 bits per heavy atom. The van der Waals surface area contributed by atoms with Crippen LogP contribution >= 0.6 is 11.3 Å². The number of urea groups is 1. The minimum Gasteiger partial charge on any atom is -0.497 e. The van der Waals surface area contributed by atoms with E-state index in [1.165, 1.54) is 11.3 Å². The number of carbonyl (C=O) groups excluding carboxylic acids is 2. The normalized spacial score (nSPS) is 15.8. The lowest BCUT2D eigenvalue weighted by Crippen LogP contribution is -2.45. The Bertz CT molecular complexity index is 1390. The van der Waals surface area contributed by atoms with Gasteiger partial charge in [-0.3, -0.25) is 9.89 Å². The molecule has 0 saturated carbocycles. The van der Waals surface area contributed by atoms with Crippen molar-refractivity contribution in [2.75, 3.05) is 12.4 Å². The summed E-state index contributed by atoms with van der Waals surface area (Å²) >= 11 is 1.53. The van der Waals surface area contributed by atoms with Crippen LogP contribution in [0.2, 0.25) is 0 Å². The van der Waals surface area contributed by atoms with Crippen LogP contribution in [0.5, 0.6) is 5.75 Å². The second-order valence-electron chi connectivity index (χ2n) is 7.63. The summed E-state index contributed by atoms with van der Waals surface area (Å²) in [5.41, 5.74) is 3.55. The zero-order valence-corrected chi connectivity index (χ0v) is 18.7. The number of nitrogens with zero attached hydrogens (tertiary/aromatic N) is 1. The van der Waals surface area contributed by atoms with Gasteiger partial charge in [-0.1, -0.05) is 0 Å². The maximum atomic E-state index is 13.3. The molecule has 0 spiro atoms. The molecule has 0 radical (unpaired) electrons. The lowest BCUT2D eigenvalue weighted by molar-refractivity contribution is -0.113. The molecular formula is C24H21N5O3S. The molecule has 9 heteroatoms. The lowest BCUT2D eigenvalue weighted by Gasteiger charge is -2.27. The van der Waals surface area contributed by atoms with E-state index in [2.05, 4.69) is 26.1 Å². The SMILES string of the molecule is COc1ccc(-c2ccc(C3NC(=O)NC(C)=C3C(=O)Nc3ccc4[nH]ncc4c3)s2)cc1. The molecule has 3 amide bonds. The average Bonchev–Trinajstić information content (AvgIpc) is 3.48. The van der Waals surface area contributed by atoms with Crippen molar-refractivity contribution in [1.82, 2.24) is 20.8 Å². The van der Waals surface area contributed by atoms with Gasteiger partial charge in [0.25, 0.3) is 5.91 Å². The van der Waals surface area contributed by atoms with Crippen molar-refractivity contribution in [3.8, 4) is 16.2 Å². The second kappa shape index (κ2) is 8.44. The van der Waals surface area contributed by atoms with Crippen molar-refractivity contribution in [2.24, 2.45) is 0 Å². The van der Waals surface area contributed by atoms with Crippen LogP contribution in [0.25, 0.3) is 21.3 Å². The van der Waals surface area contributed by atoms with Gasteiger partial charge >= 0.3 is 6.03 Å². The molecular weight excluding hydrogens is 438 g/mol. The highest BCUT2D eigenvalue weighted by atomic mass is 32.1. The molecule has 4 N–H and O–H groups in total. The standard InChI is InChI=1S/C24H21N5O3S/c1-13-21(23(30)27-16-5-8-18-15(11-16)12-25-29-18)22(28-24(31)26-13)20-10-9-19(33-20)14-3-6-17(32-2)7-4-14/h3-12,22H,1-2H3,(H,25,29)(H,27,30)(H2,26,28,31). The zero-order valence-electron chi connectivity index (χ0n) is 17.9. The third-order valence-corrected chi connectivity index (χ3v) is 6.70. The molecule has 0 saturated heterocycles. The number of H-pyrrole nitrogens is 1. The molecule has 1 atom stereocenters. The molecule has 0 fully saturated rings. The van der Waals surface area contributed by atoms with Gasteiger partial charge in [-0.25, -0.2) is 4.79 Å². The Balaban J connectivity index is 1.44. The first-order chi connectivity index (χ1) is 16.0. The predicted molar refractivity (Wildman–Crippen MR) is 128 cm³/mol. The van der Waals surface area contributed by atoms with Crippen LogP contribution in [-0.4, -0.2) is 29.2 Å². The summed E-state index contributed by atoms with van der Waals surface area (Å²) in [6.45, 7) is 1.73. The lowest BCUT2D eigenvalue weighted by atomic mass is 10.0. The van der Waals surface area contributed by atoms with E-state index >= 15 is 0 Å². The first kappa shape index (κ1) is 20.8. The van der Waals surface area contributed by atoms with Gasteiger partial charge in [0.15, 0.2) is 0 Å². The first-order valence-electron chi connectivity index (χ1n) is 10.3. The number of rotatable bonds is 5. The number of aromatic amines is 1. The van der Waals surface area contributed by atoms with Crippen molar-refractivity contribution in [3.63, 3.8) is 0 Å². The van der Waals surface area contributed by atoms with E-state index < -0.39 is 6.04 Å². The highest BCUT2D eigenvalue weighted by molar-refractivity contribution is 7.15. The number of aromatic nitrogens is 2. The smallest absolute Gasteiger partial charge is 0.319 e. The van der Waals surface area contributed by atoms with Crippen LogP contribution in [0.4, 0.5) is 10.5 Å². The van der Waals surface area contributed by atoms with E-state index in [0.717, 1.165) is 32.0 Å². The van der Waals surface area contributed by atoms with E-state index in [0.29, 0.717) is 17.0 Å². The Morgan fingerprint density at radius 2 is 1.94 bits per heavy atom. The zero-order chi connectivity index (χ0) is 22.9. The van der Waals surface area contributed by atoms with Crippen molar-refractivity contribution in [1.29, 1.82) is 0 Å². The second-order valence-corrected chi connectivity index (χ2v) is 8.74. The number of anilines is 1. The highest BCUT2D eigenvalue weighted by Gasteiger charge is 2.32. The van der Waals surface area contributed by atoms with Gasteiger partial charge in [-0.2, -0.15) is 5.10 Å². The summed E-state index contributed by atoms with van der Waals surface area (Å²) in [6.07, 6.45) is 1.70. The number of hydrogen-bond acceptors (Lipinski definition) is 5. The number of thiophene rings is 1. The van der Waals surface area contributed by atoms with Gasteiger partial charge < -0.3 is 20.7 Å². The van der Waals surface area contributed by atoms with Crippen molar-refractivity contribution >= 4 is 39.9 Å². The fourth-order valence-electron chi connectivity index (χ4n) is 3.85. The fraction of sp³-hybridized carbons (Fsp3) is 0.125. The third kappa shape index (κ3) is 4.06. The summed E-state index contributed by atoms with van der Waals surface area (Å²) in [5.74, 6) is 0.500. The van der Waals surface area contributed by atoms with E-state index in [4.69, 9.17) is 4.74 Å². The number of benzene rings is 2. The van der Waals surface area contributed by atoms with E-state index in [9.17, 15) is 9.59 Å². The molecule has 3 heterocycles. The summed E-state index contributed by atoms with van der Waals surface area (Å²) in [5, 5.41) is 16.4. The van der Waals surface area contributed by atoms with E-state index in [1.807, 2.05) is 54.6 Å². The largest absolute Gasteiger partial charge is 0.497 e.